The highest BCUT2D eigenvalue weighted by atomic mass is 32.2. The van der Waals surface area contributed by atoms with E-state index in [1.807, 2.05) is 0 Å². The van der Waals surface area contributed by atoms with Crippen molar-refractivity contribution < 1.29 is 31.1 Å². The van der Waals surface area contributed by atoms with Gasteiger partial charge < -0.3 is 9.64 Å². The first-order valence-corrected chi connectivity index (χ1v) is 11.0. The molecule has 0 fully saturated rings. The number of nitrogens with one attached hydrogen (secondary N) is 1. The first kappa shape index (κ1) is 24.1. The number of hydrogen-bond acceptors (Lipinski definition) is 5. The summed E-state index contributed by atoms with van der Waals surface area (Å²) in [5, 5.41) is 0. The number of ether oxygens (including phenoxy) is 1. The number of hydrogen-bond donors (Lipinski definition) is 1. The molecule has 11 heteroatoms. The summed E-state index contributed by atoms with van der Waals surface area (Å²) in [5.41, 5.74) is -0.339. The molecule has 0 atom stereocenters. The Balaban J connectivity index is 1.85. The largest absolute Gasteiger partial charge is 0.494 e. The number of rotatable bonds is 7. The second kappa shape index (κ2) is 9.49. The fourth-order valence-electron chi connectivity index (χ4n) is 3.06. The summed E-state index contributed by atoms with van der Waals surface area (Å²) >= 11 is 0. The van der Waals surface area contributed by atoms with Gasteiger partial charge in [-0.05, 0) is 29.8 Å². The number of alkyl halides is 3. The number of carbonyl (C=O) groups excluding carboxylic acids is 1. The minimum atomic E-state index is -4.46. The zero-order valence-electron chi connectivity index (χ0n) is 17.6. The molecule has 1 aromatic heterocycles. The third-order valence-electron chi connectivity index (χ3n) is 4.70. The van der Waals surface area contributed by atoms with Gasteiger partial charge in [0.2, 0.25) is 0 Å². The highest BCUT2D eigenvalue weighted by molar-refractivity contribution is 7.92. The van der Waals surface area contributed by atoms with E-state index in [-0.39, 0.29) is 28.4 Å². The lowest BCUT2D eigenvalue weighted by atomic mass is 10.1. The molecule has 0 radical (unpaired) electrons. The van der Waals surface area contributed by atoms with Gasteiger partial charge in [-0.15, -0.1) is 0 Å². The lowest BCUT2D eigenvalue weighted by Gasteiger charge is -2.20. The summed E-state index contributed by atoms with van der Waals surface area (Å²) in [6.45, 7) is -0.0186. The molecule has 0 saturated heterocycles. The molecular formula is C22H20F3N3O4S. The Kier molecular flexibility index (Phi) is 6.92. The zero-order chi connectivity index (χ0) is 24.2. The van der Waals surface area contributed by atoms with Gasteiger partial charge in [0.15, 0.2) is 0 Å². The Bertz CT molecular complexity index is 1250. The van der Waals surface area contributed by atoms with Crippen LogP contribution in [0.2, 0.25) is 0 Å². The lowest BCUT2D eigenvalue weighted by Crippen LogP contribution is -2.28. The quantitative estimate of drug-likeness (QED) is 0.549. The topological polar surface area (TPSA) is 88.6 Å². The van der Waals surface area contributed by atoms with Crippen LogP contribution < -0.4 is 9.46 Å². The van der Waals surface area contributed by atoms with Crippen molar-refractivity contribution in [3.8, 4) is 5.75 Å². The van der Waals surface area contributed by atoms with Gasteiger partial charge in [-0.3, -0.25) is 14.5 Å². The normalized spacial score (nSPS) is 11.7. The summed E-state index contributed by atoms with van der Waals surface area (Å²) < 4.78 is 71.8. The van der Waals surface area contributed by atoms with Crippen LogP contribution in [0.1, 0.15) is 21.5 Å². The van der Waals surface area contributed by atoms with Crippen LogP contribution >= 0.6 is 0 Å². The van der Waals surface area contributed by atoms with E-state index in [4.69, 9.17) is 4.74 Å². The van der Waals surface area contributed by atoms with E-state index < -0.39 is 27.7 Å². The maximum absolute atomic E-state index is 13.0. The standard InChI is InChI=1S/C22H20F3N3O4S/c1-28(14-15-7-9-16(10-8-15)22(23,24)25)21(29)17-5-3-4-6-20(17)33(30,31)27-18-13-26-12-11-19(18)32-2/h3-13,27H,14H2,1-2H3. The number of aromatic nitrogens is 1. The zero-order valence-corrected chi connectivity index (χ0v) is 18.4. The van der Waals surface area contributed by atoms with Crippen molar-refractivity contribution >= 4 is 21.6 Å². The minimum Gasteiger partial charge on any atom is -0.494 e. The van der Waals surface area contributed by atoms with E-state index >= 15 is 0 Å². The Labute approximate surface area is 188 Å². The average molecular weight is 479 g/mol. The van der Waals surface area contributed by atoms with Crippen LogP contribution in [0.15, 0.2) is 71.9 Å². The van der Waals surface area contributed by atoms with Gasteiger partial charge in [0, 0.05) is 25.9 Å². The Hall–Kier alpha value is -3.60. The predicted octanol–water partition coefficient (Wildman–Crippen LogP) is 4.18. The molecule has 1 N–H and O–H groups in total. The second-order valence-electron chi connectivity index (χ2n) is 7.03. The molecule has 174 valence electrons. The van der Waals surface area contributed by atoms with Crippen molar-refractivity contribution in [3.05, 3.63) is 83.7 Å². The SMILES string of the molecule is COc1ccncc1NS(=O)(=O)c1ccccc1C(=O)N(C)Cc1ccc(C(F)(F)F)cc1. The molecule has 0 spiro atoms. The predicted molar refractivity (Wildman–Crippen MR) is 115 cm³/mol. The molecule has 33 heavy (non-hydrogen) atoms. The van der Waals surface area contributed by atoms with Crippen LogP contribution in [0.5, 0.6) is 5.75 Å². The monoisotopic (exact) mass is 479 g/mol. The van der Waals surface area contributed by atoms with E-state index in [0.29, 0.717) is 5.56 Å². The highest BCUT2D eigenvalue weighted by Crippen LogP contribution is 2.30. The molecule has 0 bridgehead atoms. The van der Waals surface area contributed by atoms with Crippen LogP contribution in [0.4, 0.5) is 18.9 Å². The molecule has 3 rings (SSSR count). The molecule has 0 aliphatic rings. The number of nitrogens with zero attached hydrogens (tertiary/aromatic N) is 2. The van der Waals surface area contributed by atoms with E-state index in [1.54, 1.807) is 0 Å². The number of carbonyl (C=O) groups is 1. The fraction of sp³-hybridized carbons (Fsp3) is 0.182. The Morgan fingerprint density at radius 2 is 1.76 bits per heavy atom. The van der Waals surface area contributed by atoms with Crippen molar-refractivity contribution in [3.63, 3.8) is 0 Å². The van der Waals surface area contributed by atoms with Gasteiger partial charge in [0.25, 0.3) is 15.9 Å². The van der Waals surface area contributed by atoms with Crippen molar-refractivity contribution in [2.75, 3.05) is 18.9 Å². The maximum Gasteiger partial charge on any atom is 0.416 e. The minimum absolute atomic E-state index is 0.0186. The third kappa shape index (κ3) is 5.61. The number of sulfonamides is 1. The van der Waals surface area contributed by atoms with Crippen LogP contribution in [0, 0.1) is 0 Å². The number of anilines is 1. The van der Waals surface area contributed by atoms with Crippen LogP contribution in [-0.4, -0.2) is 38.4 Å². The van der Waals surface area contributed by atoms with E-state index in [0.717, 1.165) is 12.1 Å². The van der Waals surface area contributed by atoms with Gasteiger partial charge in [0.1, 0.15) is 16.3 Å². The Morgan fingerprint density at radius 1 is 1.09 bits per heavy atom. The van der Waals surface area contributed by atoms with Crippen LogP contribution in [0.25, 0.3) is 0 Å². The molecule has 0 aliphatic carbocycles. The van der Waals surface area contributed by atoms with Gasteiger partial charge >= 0.3 is 6.18 Å². The lowest BCUT2D eigenvalue weighted by molar-refractivity contribution is -0.137. The number of amides is 1. The molecule has 3 aromatic rings. The smallest absolute Gasteiger partial charge is 0.416 e. The Morgan fingerprint density at radius 3 is 2.39 bits per heavy atom. The molecular weight excluding hydrogens is 459 g/mol. The third-order valence-corrected chi connectivity index (χ3v) is 6.12. The molecule has 0 aliphatic heterocycles. The fourth-order valence-corrected chi connectivity index (χ4v) is 4.32. The summed E-state index contributed by atoms with van der Waals surface area (Å²) in [6, 6.07) is 11.5. The number of methoxy groups -OCH3 is 1. The van der Waals surface area contributed by atoms with Gasteiger partial charge in [-0.1, -0.05) is 24.3 Å². The number of benzene rings is 2. The summed E-state index contributed by atoms with van der Waals surface area (Å²) in [4.78, 5) is 17.9. The van der Waals surface area contributed by atoms with Crippen molar-refractivity contribution in [1.82, 2.24) is 9.88 Å². The summed E-state index contributed by atoms with van der Waals surface area (Å²) in [6.07, 6.45) is -1.75. The van der Waals surface area contributed by atoms with Crippen LogP contribution in [0.3, 0.4) is 0 Å². The summed E-state index contributed by atoms with van der Waals surface area (Å²) in [5.74, 6) is -0.370. The van der Waals surface area contributed by atoms with Crippen molar-refractivity contribution in [2.24, 2.45) is 0 Å². The average Bonchev–Trinajstić information content (AvgIpc) is 2.78. The highest BCUT2D eigenvalue weighted by Gasteiger charge is 2.30. The van der Waals surface area contributed by atoms with Gasteiger partial charge in [-0.25, -0.2) is 8.42 Å². The van der Waals surface area contributed by atoms with Crippen molar-refractivity contribution in [1.29, 1.82) is 0 Å². The summed E-state index contributed by atoms with van der Waals surface area (Å²) in [7, 11) is -1.39. The maximum atomic E-state index is 13.0. The molecule has 0 unspecified atom stereocenters. The first-order valence-electron chi connectivity index (χ1n) is 9.54. The number of halogens is 3. The van der Waals surface area contributed by atoms with Gasteiger partial charge in [-0.2, -0.15) is 13.2 Å². The second-order valence-corrected chi connectivity index (χ2v) is 8.68. The van der Waals surface area contributed by atoms with E-state index in [2.05, 4.69) is 9.71 Å². The molecule has 2 aromatic carbocycles. The van der Waals surface area contributed by atoms with Gasteiger partial charge in [0.05, 0.1) is 24.4 Å². The molecule has 1 amide bonds. The van der Waals surface area contributed by atoms with Crippen LogP contribution in [-0.2, 0) is 22.7 Å². The van der Waals surface area contributed by atoms with E-state index in [9.17, 15) is 26.4 Å². The number of pyridine rings is 1. The van der Waals surface area contributed by atoms with E-state index in [1.165, 1.54) is 73.9 Å². The molecule has 0 saturated carbocycles. The molecule has 1 heterocycles. The van der Waals surface area contributed by atoms with Crippen molar-refractivity contribution in [2.45, 2.75) is 17.6 Å². The molecule has 7 nitrogen and oxygen atoms in total. The first-order chi connectivity index (χ1) is 15.5.